The van der Waals surface area contributed by atoms with Crippen LogP contribution in [-0.2, 0) is 4.79 Å². The standard InChI is InChI=1S/C26H27N3OS/c1-31-24-13-7-6-12-23(24)27-25(30)18-28-14-16-29(17-15-28)26-21-10-4-2-8-19(21)20-9-3-5-11-22(20)26/h2-13,26H,14-18H2,1H3,(H,27,30). The van der Waals surface area contributed by atoms with Crippen molar-refractivity contribution in [2.24, 2.45) is 0 Å². The molecule has 0 radical (unpaired) electrons. The van der Waals surface area contributed by atoms with Crippen LogP contribution in [0.2, 0.25) is 0 Å². The van der Waals surface area contributed by atoms with E-state index in [1.807, 2.05) is 30.5 Å². The Bertz CT molecular complexity index is 1050. The normalized spacial score (nSPS) is 16.7. The van der Waals surface area contributed by atoms with E-state index in [4.69, 9.17) is 0 Å². The minimum atomic E-state index is 0.0616. The van der Waals surface area contributed by atoms with Crippen molar-refractivity contribution in [1.29, 1.82) is 0 Å². The molecule has 2 aliphatic rings. The van der Waals surface area contributed by atoms with E-state index >= 15 is 0 Å². The molecule has 1 aliphatic heterocycles. The van der Waals surface area contributed by atoms with Gasteiger partial charge in [0.05, 0.1) is 18.3 Å². The van der Waals surface area contributed by atoms with Crippen molar-refractivity contribution in [1.82, 2.24) is 9.80 Å². The topological polar surface area (TPSA) is 35.6 Å². The monoisotopic (exact) mass is 429 g/mol. The van der Waals surface area contributed by atoms with E-state index in [0.717, 1.165) is 36.8 Å². The van der Waals surface area contributed by atoms with E-state index in [2.05, 4.69) is 63.6 Å². The van der Waals surface area contributed by atoms with Crippen LogP contribution in [-0.4, -0.2) is 54.7 Å². The van der Waals surface area contributed by atoms with Gasteiger partial charge in [-0.2, -0.15) is 0 Å². The molecule has 0 atom stereocenters. The highest BCUT2D eigenvalue weighted by Gasteiger charge is 2.34. The predicted octanol–water partition coefficient (Wildman–Crippen LogP) is 4.73. The largest absolute Gasteiger partial charge is 0.324 e. The zero-order chi connectivity index (χ0) is 21.2. The molecular formula is C26H27N3OS. The van der Waals surface area contributed by atoms with Crippen LogP contribution in [0.3, 0.4) is 0 Å². The van der Waals surface area contributed by atoms with Gasteiger partial charge < -0.3 is 5.32 Å². The van der Waals surface area contributed by atoms with Crippen molar-refractivity contribution >= 4 is 23.4 Å². The third-order valence-corrected chi connectivity index (χ3v) is 7.12. The summed E-state index contributed by atoms with van der Waals surface area (Å²) in [6.45, 7) is 4.16. The summed E-state index contributed by atoms with van der Waals surface area (Å²) in [6, 6.07) is 25.8. The van der Waals surface area contributed by atoms with Crippen LogP contribution in [0.1, 0.15) is 17.2 Å². The molecule has 0 aromatic heterocycles. The highest BCUT2D eigenvalue weighted by atomic mass is 32.2. The summed E-state index contributed by atoms with van der Waals surface area (Å²) in [5.41, 5.74) is 6.43. The highest BCUT2D eigenvalue weighted by molar-refractivity contribution is 7.98. The number of para-hydroxylation sites is 1. The summed E-state index contributed by atoms with van der Waals surface area (Å²) in [4.78, 5) is 18.6. The molecule has 3 aromatic carbocycles. The summed E-state index contributed by atoms with van der Waals surface area (Å²) >= 11 is 1.65. The minimum Gasteiger partial charge on any atom is -0.324 e. The number of hydrogen-bond acceptors (Lipinski definition) is 4. The Balaban J connectivity index is 1.24. The van der Waals surface area contributed by atoms with Gasteiger partial charge in [-0.05, 0) is 40.6 Å². The van der Waals surface area contributed by atoms with Gasteiger partial charge in [-0.25, -0.2) is 0 Å². The molecule has 0 bridgehead atoms. The number of amides is 1. The number of hydrogen-bond donors (Lipinski definition) is 1. The molecule has 1 fully saturated rings. The van der Waals surface area contributed by atoms with Crippen LogP contribution in [0.25, 0.3) is 11.1 Å². The van der Waals surface area contributed by atoms with Crippen LogP contribution in [0.4, 0.5) is 5.69 Å². The third kappa shape index (κ3) is 4.01. The maximum atomic E-state index is 12.6. The summed E-state index contributed by atoms with van der Waals surface area (Å²) in [7, 11) is 0. The lowest BCUT2D eigenvalue weighted by atomic mass is 10.0. The fraction of sp³-hybridized carbons (Fsp3) is 0.269. The molecule has 1 N–H and O–H groups in total. The van der Waals surface area contributed by atoms with Crippen LogP contribution in [0.5, 0.6) is 0 Å². The lowest BCUT2D eigenvalue weighted by Crippen LogP contribution is -2.49. The van der Waals surface area contributed by atoms with Crippen molar-refractivity contribution in [3.05, 3.63) is 83.9 Å². The first-order chi connectivity index (χ1) is 15.2. The van der Waals surface area contributed by atoms with Crippen LogP contribution < -0.4 is 5.32 Å². The SMILES string of the molecule is CSc1ccccc1NC(=O)CN1CCN(C2c3ccccc3-c3ccccc32)CC1. The van der Waals surface area contributed by atoms with E-state index in [9.17, 15) is 4.79 Å². The zero-order valence-electron chi connectivity index (χ0n) is 17.8. The Morgan fingerprint density at radius 1 is 0.871 bits per heavy atom. The highest BCUT2D eigenvalue weighted by Crippen LogP contribution is 2.46. The predicted molar refractivity (Wildman–Crippen MR) is 129 cm³/mol. The number of piperazine rings is 1. The van der Waals surface area contributed by atoms with Gasteiger partial charge in [-0.15, -0.1) is 11.8 Å². The number of thioether (sulfide) groups is 1. The summed E-state index contributed by atoms with van der Waals surface area (Å²) in [5, 5.41) is 3.09. The Labute approximate surface area is 188 Å². The van der Waals surface area contributed by atoms with Crippen LogP contribution in [0.15, 0.2) is 77.7 Å². The molecule has 1 saturated heterocycles. The summed E-state index contributed by atoms with van der Waals surface area (Å²) < 4.78 is 0. The van der Waals surface area contributed by atoms with Crippen LogP contribution in [0, 0.1) is 0 Å². The molecule has 1 aliphatic carbocycles. The average molecular weight is 430 g/mol. The van der Waals surface area contributed by atoms with Gasteiger partial charge in [0.25, 0.3) is 0 Å². The Kier molecular flexibility index (Phi) is 5.81. The smallest absolute Gasteiger partial charge is 0.238 e. The second-order valence-corrected chi connectivity index (χ2v) is 8.99. The van der Waals surface area contributed by atoms with Gasteiger partial charge >= 0.3 is 0 Å². The Morgan fingerprint density at radius 2 is 1.45 bits per heavy atom. The Morgan fingerprint density at radius 3 is 2.10 bits per heavy atom. The molecule has 0 spiro atoms. The molecule has 5 rings (SSSR count). The molecular weight excluding hydrogens is 402 g/mol. The van der Waals surface area contributed by atoms with E-state index in [1.165, 1.54) is 22.3 Å². The number of nitrogens with one attached hydrogen (secondary N) is 1. The molecule has 5 heteroatoms. The number of nitrogens with zero attached hydrogens (tertiary/aromatic N) is 2. The Hall–Kier alpha value is -2.60. The number of rotatable bonds is 5. The van der Waals surface area contributed by atoms with Gasteiger partial charge in [0.2, 0.25) is 5.91 Å². The second-order valence-electron chi connectivity index (χ2n) is 8.14. The van der Waals surface area contributed by atoms with Crippen molar-refractivity contribution in [2.75, 3.05) is 44.3 Å². The van der Waals surface area contributed by atoms with E-state index < -0.39 is 0 Å². The summed E-state index contributed by atoms with van der Waals surface area (Å²) in [6.07, 6.45) is 2.03. The van der Waals surface area contributed by atoms with E-state index in [0.29, 0.717) is 12.6 Å². The van der Waals surface area contributed by atoms with Gasteiger partial charge in [0, 0.05) is 31.1 Å². The first-order valence-corrected chi connectivity index (χ1v) is 12.0. The maximum Gasteiger partial charge on any atom is 0.238 e. The van der Waals surface area contributed by atoms with Crippen molar-refractivity contribution in [2.45, 2.75) is 10.9 Å². The van der Waals surface area contributed by atoms with Gasteiger partial charge in [0.1, 0.15) is 0 Å². The molecule has 0 unspecified atom stereocenters. The van der Waals surface area contributed by atoms with Crippen molar-refractivity contribution in [3.63, 3.8) is 0 Å². The third-order valence-electron chi connectivity index (χ3n) is 6.32. The van der Waals surface area contributed by atoms with E-state index in [-0.39, 0.29) is 5.91 Å². The van der Waals surface area contributed by atoms with Crippen LogP contribution >= 0.6 is 11.8 Å². The number of benzene rings is 3. The second kappa shape index (κ2) is 8.87. The molecule has 0 saturated carbocycles. The molecule has 3 aromatic rings. The quantitative estimate of drug-likeness (QED) is 0.595. The number of anilines is 1. The number of fused-ring (bicyclic) bond motifs is 3. The average Bonchev–Trinajstić information content (AvgIpc) is 3.14. The lowest BCUT2D eigenvalue weighted by Gasteiger charge is -2.38. The fourth-order valence-electron chi connectivity index (χ4n) is 4.84. The van der Waals surface area contributed by atoms with Gasteiger partial charge in [-0.3, -0.25) is 14.6 Å². The summed E-state index contributed by atoms with van der Waals surface area (Å²) in [5.74, 6) is 0.0616. The first kappa shape index (κ1) is 20.3. The van der Waals surface area contributed by atoms with Crippen molar-refractivity contribution in [3.8, 4) is 11.1 Å². The van der Waals surface area contributed by atoms with E-state index in [1.54, 1.807) is 11.8 Å². The first-order valence-electron chi connectivity index (χ1n) is 10.8. The molecule has 1 heterocycles. The van der Waals surface area contributed by atoms with Crippen molar-refractivity contribution < 1.29 is 4.79 Å². The fourth-order valence-corrected chi connectivity index (χ4v) is 5.40. The minimum absolute atomic E-state index is 0.0616. The van der Waals surface area contributed by atoms with Gasteiger partial charge in [-0.1, -0.05) is 60.7 Å². The molecule has 1 amide bonds. The number of carbonyl (C=O) groups excluding carboxylic acids is 1. The zero-order valence-corrected chi connectivity index (χ0v) is 18.6. The molecule has 31 heavy (non-hydrogen) atoms. The number of carbonyl (C=O) groups is 1. The van der Waals surface area contributed by atoms with Gasteiger partial charge in [0.15, 0.2) is 0 Å². The molecule has 158 valence electrons. The lowest BCUT2D eigenvalue weighted by molar-refractivity contribution is -0.117. The molecule has 4 nitrogen and oxygen atoms in total. The maximum absolute atomic E-state index is 12.6.